The van der Waals surface area contributed by atoms with E-state index in [4.69, 9.17) is 0 Å². The van der Waals surface area contributed by atoms with Gasteiger partial charge in [0.25, 0.3) is 0 Å². The number of alkyl halides is 1. The quantitative estimate of drug-likeness (QED) is 0.519. The van der Waals surface area contributed by atoms with Crippen molar-refractivity contribution in [2.45, 2.75) is 25.9 Å². The Labute approximate surface area is 62.4 Å². The Morgan fingerprint density at radius 1 is 1.60 bits per heavy atom. The van der Waals surface area contributed by atoms with Gasteiger partial charge in [-0.3, -0.25) is 0 Å². The number of hydrogen-bond acceptors (Lipinski definition) is 0. The van der Waals surface area contributed by atoms with Crippen molar-refractivity contribution < 1.29 is 8.87 Å². The first kappa shape index (κ1) is 7.99. The summed E-state index contributed by atoms with van der Waals surface area (Å²) in [7, 11) is 2.16. The van der Waals surface area contributed by atoms with Gasteiger partial charge >= 0.3 is 0 Å². The van der Waals surface area contributed by atoms with Crippen molar-refractivity contribution in [2.75, 3.05) is 26.7 Å². The molecule has 1 heterocycles. The first-order chi connectivity index (χ1) is 4.66. The number of nitrogens with zero attached hydrogens (tertiary/aromatic N) is 1. The summed E-state index contributed by atoms with van der Waals surface area (Å²) in [6.07, 6.45) is 1.41. The van der Waals surface area contributed by atoms with E-state index in [0.29, 0.717) is 0 Å². The molecule has 1 nitrogen and oxygen atoms in total. The summed E-state index contributed by atoms with van der Waals surface area (Å²) in [5.74, 6) is 0. The van der Waals surface area contributed by atoms with Crippen LogP contribution in [0.5, 0.6) is 0 Å². The fraction of sp³-hybridized carbons (Fsp3) is 1.00. The Morgan fingerprint density at radius 3 is 2.70 bits per heavy atom. The van der Waals surface area contributed by atoms with E-state index in [1.807, 2.05) is 0 Å². The molecule has 0 radical (unpaired) electrons. The highest BCUT2D eigenvalue weighted by Crippen LogP contribution is 2.19. The van der Waals surface area contributed by atoms with E-state index in [9.17, 15) is 4.39 Å². The Balaban J connectivity index is 2.38. The maximum atomic E-state index is 12.7. The van der Waals surface area contributed by atoms with Gasteiger partial charge in [-0.1, -0.05) is 6.92 Å². The van der Waals surface area contributed by atoms with E-state index in [1.165, 1.54) is 6.42 Å². The van der Waals surface area contributed by atoms with E-state index >= 15 is 0 Å². The maximum absolute atomic E-state index is 12.7. The minimum Gasteiger partial charge on any atom is -0.324 e. The highest BCUT2D eigenvalue weighted by atomic mass is 19.1. The van der Waals surface area contributed by atoms with Crippen molar-refractivity contribution in [1.29, 1.82) is 0 Å². The normalized spacial score (nSPS) is 40.5. The second-order valence-corrected chi connectivity index (χ2v) is 3.64. The fourth-order valence-corrected chi connectivity index (χ4v) is 1.86. The largest absolute Gasteiger partial charge is 0.324 e. The molecule has 1 aliphatic heterocycles. The van der Waals surface area contributed by atoms with Crippen LogP contribution in [0.3, 0.4) is 0 Å². The van der Waals surface area contributed by atoms with Gasteiger partial charge in [-0.25, -0.2) is 4.39 Å². The minimum absolute atomic E-state index is 0.531. The maximum Gasteiger partial charge on any atom is 0.154 e. The summed E-state index contributed by atoms with van der Waals surface area (Å²) >= 11 is 0. The monoisotopic (exact) mass is 146 g/mol. The van der Waals surface area contributed by atoms with E-state index in [1.54, 1.807) is 0 Å². The molecule has 0 bridgehead atoms. The highest BCUT2D eigenvalue weighted by Gasteiger charge is 2.33. The SMILES string of the molecule is CCC[N+]1(C)CCC(F)C1. The van der Waals surface area contributed by atoms with Crippen LogP contribution >= 0.6 is 0 Å². The molecule has 2 unspecified atom stereocenters. The molecule has 1 aliphatic rings. The summed E-state index contributed by atoms with van der Waals surface area (Å²) in [5, 5.41) is 0. The predicted molar refractivity (Wildman–Crippen MR) is 40.6 cm³/mol. The lowest BCUT2D eigenvalue weighted by atomic mass is 10.3. The average Bonchev–Trinajstić information content (AvgIpc) is 2.12. The zero-order valence-electron chi connectivity index (χ0n) is 6.94. The average molecular weight is 146 g/mol. The van der Waals surface area contributed by atoms with Crippen LogP contribution in [0.4, 0.5) is 4.39 Å². The topological polar surface area (TPSA) is 0 Å². The van der Waals surface area contributed by atoms with Crippen LogP contribution in [-0.2, 0) is 0 Å². The molecule has 0 amide bonds. The molecular formula is C8H17FN+. The Hall–Kier alpha value is -0.110. The van der Waals surface area contributed by atoms with E-state index in [2.05, 4.69) is 14.0 Å². The van der Waals surface area contributed by atoms with Gasteiger partial charge < -0.3 is 4.48 Å². The molecule has 0 saturated carbocycles. The molecule has 0 spiro atoms. The van der Waals surface area contributed by atoms with Crippen LogP contribution in [0, 0.1) is 0 Å². The number of halogens is 1. The molecule has 10 heavy (non-hydrogen) atoms. The van der Waals surface area contributed by atoms with Gasteiger partial charge in [0.1, 0.15) is 6.54 Å². The van der Waals surface area contributed by atoms with Gasteiger partial charge in [-0.2, -0.15) is 0 Å². The highest BCUT2D eigenvalue weighted by molar-refractivity contribution is 4.62. The van der Waals surface area contributed by atoms with Crippen LogP contribution in [0.25, 0.3) is 0 Å². The number of hydrogen-bond donors (Lipinski definition) is 0. The van der Waals surface area contributed by atoms with E-state index < -0.39 is 6.17 Å². The third-order valence-electron chi connectivity index (χ3n) is 2.38. The predicted octanol–water partition coefficient (Wildman–Crippen LogP) is 1.58. The molecule has 1 fully saturated rings. The van der Waals surface area contributed by atoms with Crippen molar-refractivity contribution in [3.63, 3.8) is 0 Å². The molecule has 0 aromatic heterocycles. The molecule has 60 valence electrons. The Kier molecular flexibility index (Phi) is 2.29. The Bertz CT molecular complexity index is 112. The summed E-state index contributed by atoms with van der Waals surface area (Å²) in [6, 6.07) is 0. The summed E-state index contributed by atoms with van der Waals surface area (Å²) in [5.41, 5.74) is 0. The van der Waals surface area contributed by atoms with Gasteiger partial charge in [-0.05, 0) is 6.42 Å². The lowest BCUT2D eigenvalue weighted by Gasteiger charge is -2.28. The first-order valence-corrected chi connectivity index (χ1v) is 4.14. The summed E-state index contributed by atoms with van der Waals surface area (Å²) in [6.45, 7) is 5.08. The standard InChI is InChI=1S/C8H17FN/c1-3-5-10(2)6-4-8(9)7-10/h8H,3-7H2,1-2H3/q+1. The Morgan fingerprint density at radius 2 is 2.30 bits per heavy atom. The fourth-order valence-electron chi connectivity index (χ4n) is 1.86. The van der Waals surface area contributed by atoms with Crippen molar-refractivity contribution in [3.8, 4) is 0 Å². The zero-order chi connectivity index (χ0) is 7.61. The van der Waals surface area contributed by atoms with Crippen LogP contribution < -0.4 is 0 Å². The van der Waals surface area contributed by atoms with Gasteiger partial charge in [-0.15, -0.1) is 0 Å². The van der Waals surface area contributed by atoms with Gasteiger partial charge in [0.05, 0.1) is 20.1 Å². The molecule has 0 aromatic carbocycles. The van der Waals surface area contributed by atoms with Crippen molar-refractivity contribution >= 4 is 0 Å². The third-order valence-corrected chi connectivity index (χ3v) is 2.38. The van der Waals surface area contributed by atoms with Crippen molar-refractivity contribution in [3.05, 3.63) is 0 Å². The molecule has 0 N–H and O–H groups in total. The molecule has 1 saturated heterocycles. The molecule has 2 atom stereocenters. The first-order valence-electron chi connectivity index (χ1n) is 4.14. The minimum atomic E-state index is -0.531. The van der Waals surface area contributed by atoms with Gasteiger partial charge in [0.2, 0.25) is 0 Å². The van der Waals surface area contributed by atoms with E-state index in [0.717, 1.165) is 30.5 Å². The van der Waals surface area contributed by atoms with Crippen LogP contribution in [0.1, 0.15) is 19.8 Å². The molecule has 1 rings (SSSR count). The van der Waals surface area contributed by atoms with Crippen LogP contribution in [0.15, 0.2) is 0 Å². The second-order valence-electron chi connectivity index (χ2n) is 3.64. The number of likely N-dealkylation sites (tertiary alicyclic amines) is 1. The summed E-state index contributed by atoms with van der Waals surface area (Å²) in [4.78, 5) is 0. The number of quaternary nitrogens is 1. The van der Waals surface area contributed by atoms with Gasteiger partial charge in [0, 0.05) is 6.42 Å². The van der Waals surface area contributed by atoms with E-state index in [-0.39, 0.29) is 0 Å². The third kappa shape index (κ3) is 1.69. The van der Waals surface area contributed by atoms with Gasteiger partial charge in [0.15, 0.2) is 6.17 Å². The second kappa shape index (κ2) is 2.87. The van der Waals surface area contributed by atoms with Crippen LogP contribution in [-0.4, -0.2) is 37.3 Å². The lowest BCUT2D eigenvalue weighted by Crippen LogP contribution is -2.42. The summed E-state index contributed by atoms with van der Waals surface area (Å²) < 4.78 is 13.7. The number of rotatable bonds is 2. The molecular weight excluding hydrogens is 129 g/mol. The smallest absolute Gasteiger partial charge is 0.154 e. The van der Waals surface area contributed by atoms with Crippen molar-refractivity contribution in [1.82, 2.24) is 0 Å². The zero-order valence-corrected chi connectivity index (χ0v) is 6.94. The molecule has 0 aromatic rings. The molecule has 2 heteroatoms. The van der Waals surface area contributed by atoms with Crippen molar-refractivity contribution in [2.24, 2.45) is 0 Å². The lowest BCUT2D eigenvalue weighted by molar-refractivity contribution is -0.898. The van der Waals surface area contributed by atoms with Crippen LogP contribution in [0.2, 0.25) is 0 Å². The molecule has 0 aliphatic carbocycles.